The molecular formula is C13H18FN3O. The van der Waals surface area contributed by atoms with Crippen molar-refractivity contribution in [3.63, 3.8) is 0 Å². The lowest BCUT2D eigenvalue weighted by atomic mass is 9.93. The molecule has 18 heavy (non-hydrogen) atoms. The van der Waals surface area contributed by atoms with Crippen molar-refractivity contribution >= 4 is 11.5 Å². The van der Waals surface area contributed by atoms with E-state index in [0.717, 1.165) is 0 Å². The predicted molar refractivity (Wildman–Crippen MR) is 69.5 cm³/mol. The molecule has 1 aromatic carbocycles. The van der Waals surface area contributed by atoms with E-state index in [0.29, 0.717) is 31.6 Å². The van der Waals surface area contributed by atoms with Crippen LogP contribution in [0.3, 0.4) is 0 Å². The Morgan fingerprint density at radius 2 is 2.06 bits per heavy atom. The van der Waals surface area contributed by atoms with Gasteiger partial charge < -0.3 is 15.7 Å². The van der Waals surface area contributed by atoms with Crippen LogP contribution in [-0.2, 0) is 0 Å². The molecule has 1 aliphatic heterocycles. The van der Waals surface area contributed by atoms with Crippen LogP contribution in [0, 0.1) is 11.2 Å². The Hall–Kier alpha value is -1.62. The minimum Gasteiger partial charge on any atom is -0.390 e. The monoisotopic (exact) mass is 251 g/mol. The van der Waals surface area contributed by atoms with E-state index in [-0.39, 0.29) is 11.4 Å². The number of nitrogen functional groups attached to an aromatic ring is 1. The van der Waals surface area contributed by atoms with Crippen molar-refractivity contribution in [2.24, 2.45) is 5.73 Å². The van der Waals surface area contributed by atoms with Crippen LogP contribution in [-0.4, -0.2) is 29.6 Å². The van der Waals surface area contributed by atoms with Gasteiger partial charge in [0.2, 0.25) is 0 Å². The second kappa shape index (κ2) is 4.57. The average Bonchev–Trinajstić information content (AvgIpc) is 2.28. The number of aliphatic hydroxyl groups is 1. The zero-order valence-electron chi connectivity index (χ0n) is 10.4. The fraction of sp³-hybridized carbons (Fsp3) is 0.462. The summed E-state index contributed by atoms with van der Waals surface area (Å²) in [4.78, 5) is 1.97. The largest absolute Gasteiger partial charge is 0.390 e. The minimum absolute atomic E-state index is 0.152. The summed E-state index contributed by atoms with van der Waals surface area (Å²) in [5.74, 6) is -0.738. The molecule has 0 saturated carbocycles. The van der Waals surface area contributed by atoms with Crippen molar-refractivity contribution in [2.75, 3.05) is 18.0 Å². The zero-order chi connectivity index (χ0) is 13.3. The van der Waals surface area contributed by atoms with Crippen LogP contribution in [0.1, 0.15) is 25.3 Å². The highest BCUT2D eigenvalue weighted by Gasteiger charge is 2.29. The lowest BCUT2D eigenvalue weighted by molar-refractivity contribution is 0.0351. The van der Waals surface area contributed by atoms with Gasteiger partial charge in [0, 0.05) is 13.1 Å². The van der Waals surface area contributed by atoms with E-state index < -0.39 is 11.4 Å². The fourth-order valence-electron chi connectivity index (χ4n) is 2.27. The third-order valence-electron chi connectivity index (χ3n) is 3.44. The molecule has 1 aromatic rings. The van der Waals surface area contributed by atoms with Gasteiger partial charge in [-0.2, -0.15) is 0 Å². The molecule has 1 saturated heterocycles. The molecule has 0 amide bonds. The molecule has 4 nitrogen and oxygen atoms in total. The van der Waals surface area contributed by atoms with E-state index >= 15 is 0 Å². The van der Waals surface area contributed by atoms with Crippen molar-refractivity contribution in [3.05, 3.63) is 29.6 Å². The molecule has 1 aliphatic rings. The number of hydrogen-bond acceptors (Lipinski definition) is 3. The number of nitrogens with one attached hydrogen (secondary N) is 1. The highest BCUT2D eigenvalue weighted by molar-refractivity contribution is 6.00. The number of halogens is 1. The Kier molecular flexibility index (Phi) is 3.26. The summed E-state index contributed by atoms with van der Waals surface area (Å²) in [5, 5.41) is 17.4. The molecule has 5 heteroatoms. The number of hydrogen-bond donors (Lipinski definition) is 3. The van der Waals surface area contributed by atoms with Gasteiger partial charge in [-0.15, -0.1) is 0 Å². The summed E-state index contributed by atoms with van der Waals surface area (Å²) in [6.07, 6.45) is 1.25. The van der Waals surface area contributed by atoms with E-state index in [4.69, 9.17) is 11.1 Å². The molecule has 2 rings (SSSR count). The maximum absolute atomic E-state index is 13.7. The lowest BCUT2D eigenvalue weighted by Gasteiger charge is -2.37. The second-order valence-electron chi connectivity index (χ2n) is 5.03. The predicted octanol–water partition coefficient (Wildman–Crippen LogP) is 1.46. The van der Waals surface area contributed by atoms with Crippen LogP contribution < -0.4 is 10.6 Å². The Balaban J connectivity index is 2.30. The number of piperidine rings is 1. The summed E-state index contributed by atoms with van der Waals surface area (Å²) in [7, 11) is 0. The summed E-state index contributed by atoms with van der Waals surface area (Å²) >= 11 is 0. The molecular weight excluding hydrogens is 233 g/mol. The van der Waals surface area contributed by atoms with Crippen molar-refractivity contribution in [1.29, 1.82) is 5.41 Å². The second-order valence-corrected chi connectivity index (χ2v) is 5.03. The van der Waals surface area contributed by atoms with Crippen molar-refractivity contribution < 1.29 is 9.50 Å². The Morgan fingerprint density at radius 1 is 1.44 bits per heavy atom. The van der Waals surface area contributed by atoms with E-state index in [2.05, 4.69) is 0 Å². The van der Waals surface area contributed by atoms with Crippen LogP contribution in [0.5, 0.6) is 0 Å². The molecule has 0 atom stereocenters. The number of anilines is 1. The van der Waals surface area contributed by atoms with Crippen LogP contribution in [0.2, 0.25) is 0 Å². The standard InChI is InChI=1S/C13H18FN3O/c1-13(18)5-7-17(8-6-13)10-4-2-3-9(14)11(10)12(15)16/h2-4,18H,5-8H2,1H3,(H3,15,16). The minimum atomic E-state index is -0.653. The number of amidine groups is 1. The third kappa shape index (κ3) is 2.46. The van der Waals surface area contributed by atoms with Gasteiger partial charge in [-0.3, -0.25) is 5.41 Å². The zero-order valence-corrected chi connectivity index (χ0v) is 10.4. The molecule has 0 spiro atoms. The van der Waals surface area contributed by atoms with Gasteiger partial charge >= 0.3 is 0 Å². The Bertz CT molecular complexity index is 463. The maximum atomic E-state index is 13.7. The van der Waals surface area contributed by atoms with Crippen LogP contribution in [0.4, 0.5) is 10.1 Å². The topological polar surface area (TPSA) is 73.3 Å². The Morgan fingerprint density at radius 3 is 2.61 bits per heavy atom. The van der Waals surface area contributed by atoms with Crippen LogP contribution in [0.25, 0.3) is 0 Å². The average molecular weight is 251 g/mol. The molecule has 0 bridgehead atoms. The number of nitrogens with two attached hydrogens (primary N) is 1. The summed E-state index contributed by atoms with van der Waals surface area (Å²) in [6, 6.07) is 4.68. The smallest absolute Gasteiger partial charge is 0.136 e. The van der Waals surface area contributed by atoms with Gasteiger partial charge in [0.1, 0.15) is 11.7 Å². The number of rotatable bonds is 2. The van der Waals surface area contributed by atoms with Crippen molar-refractivity contribution in [2.45, 2.75) is 25.4 Å². The molecule has 0 unspecified atom stereocenters. The van der Waals surface area contributed by atoms with Crippen molar-refractivity contribution in [3.8, 4) is 0 Å². The molecule has 0 radical (unpaired) electrons. The molecule has 1 heterocycles. The first-order chi connectivity index (χ1) is 8.41. The van der Waals surface area contributed by atoms with Gasteiger partial charge in [-0.25, -0.2) is 4.39 Å². The first-order valence-electron chi connectivity index (χ1n) is 6.01. The SMILES string of the molecule is CC1(O)CCN(c2cccc(F)c2C(=N)N)CC1. The molecule has 98 valence electrons. The van der Waals surface area contributed by atoms with Gasteiger partial charge in [0.05, 0.1) is 16.9 Å². The van der Waals surface area contributed by atoms with Crippen LogP contribution >= 0.6 is 0 Å². The summed E-state index contributed by atoms with van der Waals surface area (Å²) in [5.41, 5.74) is 5.58. The summed E-state index contributed by atoms with van der Waals surface area (Å²) in [6.45, 7) is 3.08. The van der Waals surface area contributed by atoms with E-state index in [1.54, 1.807) is 12.1 Å². The summed E-state index contributed by atoms with van der Waals surface area (Å²) < 4.78 is 13.7. The number of nitrogens with zero attached hydrogens (tertiary/aromatic N) is 1. The van der Waals surface area contributed by atoms with E-state index in [1.165, 1.54) is 6.07 Å². The van der Waals surface area contributed by atoms with Crippen LogP contribution in [0.15, 0.2) is 18.2 Å². The fourth-order valence-corrected chi connectivity index (χ4v) is 2.27. The molecule has 4 N–H and O–H groups in total. The molecule has 1 fully saturated rings. The normalized spacial score (nSPS) is 18.7. The highest BCUT2D eigenvalue weighted by atomic mass is 19.1. The van der Waals surface area contributed by atoms with Crippen molar-refractivity contribution in [1.82, 2.24) is 0 Å². The Labute approximate surface area is 106 Å². The first kappa shape index (κ1) is 12.8. The molecule has 0 aliphatic carbocycles. The van der Waals surface area contributed by atoms with E-state index in [1.807, 2.05) is 11.8 Å². The van der Waals surface area contributed by atoms with Gasteiger partial charge in [0.15, 0.2) is 0 Å². The third-order valence-corrected chi connectivity index (χ3v) is 3.44. The lowest BCUT2D eigenvalue weighted by Crippen LogP contribution is -2.43. The maximum Gasteiger partial charge on any atom is 0.136 e. The van der Waals surface area contributed by atoms with Gasteiger partial charge in [-0.05, 0) is 31.9 Å². The highest BCUT2D eigenvalue weighted by Crippen LogP contribution is 2.29. The quantitative estimate of drug-likeness (QED) is 0.550. The van der Waals surface area contributed by atoms with E-state index in [9.17, 15) is 9.50 Å². The van der Waals surface area contributed by atoms with Gasteiger partial charge in [0.25, 0.3) is 0 Å². The molecule has 0 aromatic heterocycles. The number of benzene rings is 1. The first-order valence-corrected chi connectivity index (χ1v) is 6.01. The van der Waals surface area contributed by atoms with Gasteiger partial charge in [-0.1, -0.05) is 6.07 Å².